The number of phosphoric acid groups is 1. The SMILES string of the molecule is NC(=O)c1cc2cc(Cl)ccc2cc1OCC(=O)c1cn(CC[C@H](COP(=O)(O)O)O[PH](O)(O)O)c2cc(C3CC3)ccc12. The molecule has 1 amide bonds. The summed E-state index contributed by atoms with van der Waals surface area (Å²) in [5, 5.41) is 2.50. The molecule has 236 valence electrons. The summed E-state index contributed by atoms with van der Waals surface area (Å²) in [6, 6.07) is 14.0. The predicted octanol–water partition coefficient (Wildman–Crippen LogP) is 3.96. The van der Waals surface area contributed by atoms with Gasteiger partial charge in [-0.05, 0) is 29.0 Å². The number of carbonyl (C=O) groups excluding carboxylic acids is 2. The number of halogens is 1. The number of phosphoric ester groups is 1. The Kier molecular flexibility index (Phi) is 9.46. The molecule has 44 heavy (non-hydrogen) atoms. The Morgan fingerprint density at radius 3 is 2.45 bits per heavy atom. The molecule has 1 fully saturated rings. The number of ketones is 1. The Morgan fingerprint density at radius 2 is 1.80 bits per heavy atom. The zero-order valence-electron chi connectivity index (χ0n) is 23.1. The second kappa shape index (κ2) is 12.8. The van der Waals surface area contributed by atoms with E-state index in [0.717, 1.165) is 23.8 Å². The number of hydrogen-bond donors (Lipinski definition) is 6. The average Bonchev–Trinajstić information content (AvgIpc) is 3.73. The van der Waals surface area contributed by atoms with Gasteiger partial charge in [0.15, 0.2) is 0 Å². The first-order valence-electron chi connectivity index (χ1n) is 13.5. The molecule has 4 aromatic rings. The van der Waals surface area contributed by atoms with Crippen LogP contribution in [0.25, 0.3) is 21.7 Å². The molecule has 1 saturated carbocycles. The molecule has 0 aliphatic heterocycles. The summed E-state index contributed by atoms with van der Waals surface area (Å²) in [6.45, 7) is -1.05. The van der Waals surface area contributed by atoms with Gasteiger partial charge in [-0.1, -0.05) is 17.7 Å². The van der Waals surface area contributed by atoms with E-state index in [1.54, 1.807) is 41.1 Å². The van der Waals surface area contributed by atoms with Crippen LogP contribution >= 0.6 is 27.6 Å². The van der Waals surface area contributed by atoms with Crippen LogP contribution in [0.3, 0.4) is 0 Å². The van der Waals surface area contributed by atoms with Gasteiger partial charge in [-0.25, -0.2) is 0 Å². The number of aromatic nitrogens is 1. The number of amides is 1. The Balaban J connectivity index is 1.41. The molecule has 1 atom stereocenters. The molecule has 0 saturated heterocycles. The molecule has 13 nitrogen and oxygen atoms in total. The van der Waals surface area contributed by atoms with Crippen molar-refractivity contribution in [1.29, 1.82) is 0 Å². The standard InChI is InChI=1S/C28H31ClN2O11P2/c29-20-5-3-18-12-27(23(28(30)33)10-19(18)9-20)40-15-26(32)24-13-31(25-11-17(16-1-2-16)4-6-22(24)25)8-7-21(42-44(37,38)39)14-41-43(34,35)36/h3-6,9-13,16,21,37-39,44H,1-2,7-8,14-15H2,(H2,30,33)(H2,34,35,36)/t21-/m1/s1. The zero-order chi connectivity index (χ0) is 31.8. The monoisotopic (exact) mass is 668 g/mol. The molecule has 0 radical (unpaired) electrons. The molecule has 3 aromatic carbocycles. The Morgan fingerprint density at radius 1 is 1.05 bits per heavy atom. The number of nitrogens with two attached hydrogens (primary N) is 1. The minimum atomic E-state index is -5.07. The molecular formula is C28H31ClN2O11P2. The van der Waals surface area contributed by atoms with Crippen LogP contribution in [0.4, 0.5) is 0 Å². The van der Waals surface area contributed by atoms with Gasteiger partial charge < -0.3 is 5.73 Å². The van der Waals surface area contributed by atoms with Crippen molar-refractivity contribution in [2.45, 2.75) is 37.8 Å². The molecule has 0 unspecified atom stereocenters. The maximum atomic E-state index is 13.5. The van der Waals surface area contributed by atoms with E-state index in [9.17, 15) is 28.8 Å². The first kappa shape index (κ1) is 32.5. The summed E-state index contributed by atoms with van der Waals surface area (Å²) in [4.78, 5) is 72.1. The fourth-order valence-corrected chi connectivity index (χ4v) is 6.20. The first-order chi connectivity index (χ1) is 20.7. The number of carbonyl (C=O) groups is 2. The molecule has 1 aliphatic rings. The van der Waals surface area contributed by atoms with Gasteiger partial charge in [0, 0.05) is 5.02 Å². The number of ether oxygens (including phenoxy) is 1. The summed E-state index contributed by atoms with van der Waals surface area (Å²) < 4.78 is 28.0. The van der Waals surface area contributed by atoms with Crippen molar-refractivity contribution in [2.75, 3.05) is 13.2 Å². The second-order valence-electron chi connectivity index (χ2n) is 10.6. The third-order valence-electron chi connectivity index (χ3n) is 7.23. The van der Waals surface area contributed by atoms with E-state index < -0.39 is 47.0 Å². The minimum absolute atomic E-state index is 0.0684. The van der Waals surface area contributed by atoms with Gasteiger partial charge in [0.25, 0.3) is 5.91 Å². The second-order valence-corrected chi connectivity index (χ2v) is 13.7. The first-order valence-corrected chi connectivity index (χ1v) is 17.2. The molecule has 1 aromatic heterocycles. The number of benzene rings is 3. The van der Waals surface area contributed by atoms with E-state index in [1.165, 1.54) is 0 Å². The fraction of sp³-hybridized carbons (Fsp3) is 0.286. The van der Waals surface area contributed by atoms with Crippen molar-refractivity contribution in [3.8, 4) is 5.75 Å². The van der Waals surface area contributed by atoms with Gasteiger partial charge in [0.1, 0.15) is 0 Å². The molecule has 0 spiro atoms. The number of fused-ring (bicyclic) bond motifs is 2. The summed E-state index contributed by atoms with van der Waals surface area (Å²) >= 11 is 6.07. The van der Waals surface area contributed by atoms with E-state index in [-0.39, 0.29) is 24.3 Å². The van der Waals surface area contributed by atoms with Crippen LogP contribution in [0.15, 0.2) is 54.7 Å². The molecular weight excluding hydrogens is 638 g/mol. The van der Waals surface area contributed by atoms with Gasteiger partial charge in [0.05, 0.1) is 0 Å². The molecule has 0 bridgehead atoms. The van der Waals surface area contributed by atoms with E-state index in [2.05, 4.69) is 4.52 Å². The van der Waals surface area contributed by atoms with E-state index in [1.807, 2.05) is 18.2 Å². The fourth-order valence-electron chi connectivity index (χ4n) is 5.03. The topological polar surface area (TPSA) is 211 Å². The quantitative estimate of drug-likeness (QED) is 0.0836. The third-order valence-corrected chi connectivity index (χ3v) is 8.60. The number of aryl methyl sites for hydroxylation is 1. The van der Waals surface area contributed by atoms with Crippen LogP contribution in [0.5, 0.6) is 5.75 Å². The van der Waals surface area contributed by atoms with Crippen molar-refractivity contribution in [3.63, 3.8) is 0 Å². The molecule has 16 heteroatoms. The number of rotatable bonds is 14. The van der Waals surface area contributed by atoms with Gasteiger partial charge in [-0.2, -0.15) is 0 Å². The maximum absolute atomic E-state index is 13.5. The van der Waals surface area contributed by atoms with E-state index >= 15 is 0 Å². The number of nitrogens with zero attached hydrogens (tertiary/aromatic N) is 1. The molecule has 7 N–H and O–H groups in total. The summed E-state index contributed by atoms with van der Waals surface area (Å²) in [7, 11) is -9.97. The zero-order valence-corrected chi connectivity index (χ0v) is 25.8. The van der Waals surface area contributed by atoms with Gasteiger partial charge in [0.2, 0.25) is 0 Å². The number of primary amides is 1. The Hall–Kier alpha value is -2.93. The van der Waals surface area contributed by atoms with Gasteiger partial charge in [-0.15, -0.1) is 0 Å². The van der Waals surface area contributed by atoms with Crippen molar-refractivity contribution in [3.05, 3.63) is 76.4 Å². The van der Waals surface area contributed by atoms with Crippen LogP contribution < -0.4 is 10.5 Å². The summed E-state index contributed by atoms with van der Waals surface area (Å²) in [5.74, 6) is -0.601. The predicted molar refractivity (Wildman–Crippen MR) is 164 cm³/mol. The van der Waals surface area contributed by atoms with Crippen LogP contribution in [0.1, 0.15) is 51.5 Å². The van der Waals surface area contributed by atoms with Crippen molar-refractivity contribution >= 4 is 61.0 Å². The third kappa shape index (κ3) is 8.21. The van der Waals surface area contributed by atoms with Crippen LogP contribution in [0, 0.1) is 0 Å². The Labute approximate surface area is 256 Å². The summed E-state index contributed by atoms with van der Waals surface area (Å²) in [5.41, 5.74) is 7.75. The van der Waals surface area contributed by atoms with Crippen LogP contribution in [-0.2, 0) is 20.2 Å². The van der Waals surface area contributed by atoms with Crippen molar-refractivity contribution in [1.82, 2.24) is 4.57 Å². The number of Topliss-reactive ketones (excluding diaryl/α,β-unsaturated/α-hetero) is 1. The molecule has 5 rings (SSSR count). The van der Waals surface area contributed by atoms with E-state index in [4.69, 9.17) is 36.4 Å². The van der Waals surface area contributed by atoms with E-state index in [0.29, 0.717) is 32.8 Å². The molecule has 1 heterocycles. The Bertz CT molecular complexity index is 1780. The van der Waals surface area contributed by atoms with Crippen molar-refractivity contribution in [2.24, 2.45) is 5.73 Å². The van der Waals surface area contributed by atoms with Gasteiger partial charge in [-0.3, -0.25) is 4.79 Å². The van der Waals surface area contributed by atoms with Crippen molar-refractivity contribution < 1.29 is 52.4 Å². The van der Waals surface area contributed by atoms with Crippen LogP contribution in [-0.4, -0.2) is 60.0 Å². The van der Waals surface area contributed by atoms with Crippen LogP contribution in [0.2, 0.25) is 5.02 Å². The van der Waals surface area contributed by atoms with Gasteiger partial charge >= 0.3 is 189 Å². The number of hydrogen-bond acceptors (Lipinski definition) is 9. The molecule has 1 aliphatic carbocycles. The normalized spacial score (nSPS) is 15.0. The summed E-state index contributed by atoms with van der Waals surface area (Å²) in [6.07, 6.45) is 2.31. The average molecular weight is 669 g/mol.